The van der Waals surface area contributed by atoms with E-state index in [9.17, 15) is 28.0 Å². The third kappa shape index (κ3) is 5.51. The van der Waals surface area contributed by atoms with Crippen LogP contribution in [0.4, 0.5) is 18.9 Å². The molecule has 0 unspecified atom stereocenters. The minimum absolute atomic E-state index is 0.136. The van der Waals surface area contributed by atoms with Gasteiger partial charge >= 0.3 is 6.18 Å². The van der Waals surface area contributed by atoms with Gasteiger partial charge in [0, 0.05) is 11.9 Å². The molecule has 37 heavy (non-hydrogen) atoms. The number of carbonyl (C=O) groups is 1. The largest absolute Gasteiger partial charge is 0.438 e. The summed E-state index contributed by atoms with van der Waals surface area (Å²) in [6.07, 6.45) is -2.11. The number of anilines is 1. The third-order valence-electron chi connectivity index (χ3n) is 5.39. The lowest BCUT2D eigenvalue weighted by molar-refractivity contribution is -0.137. The molecule has 0 fully saturated rings. The summed E-state index contributed by atoms with van der Waals surface area (Å²) in [5.41, 5.74) is -0.458. The van der Waals surface area contributed by atoms with Crippen molar-refractivity contribution in [2.45, 2.75) is 20.0 Å². The van der Waals surface area contributed by atoms with E-state index in [1.54, 1.807) is 49.4 Å². The molecule has 0 atom stereocenters. The smallest absolute Gasteiger partial charge is 0.416 e. The molecule has 2 aromatic heterocycles. The van der Waals surface area contributed by atoms with E-state index < -0.39 is 28.8 Å². The van der Waals surface area contributed by atoms with Crippen LogP contribution >= 0.6 is 0 Å². The van der Waals surface area contributed by atoms with Crippen molar-refractivity contribution in [3.05, 3.63) is 105 Å². The van der Waals surface area contributed by atoms with Crippen molar-refractivity contribution >= 4 is 23.3 Å². The summed E-state index contributed by atoms with van der Waals surface area (Å²) >= 11 is 0. The lowest BCUT2D eigenvalue weighted by Gasteiger charge is -2.12. The van der Waals surface area contributed by atoms with E-state index in [1.807, 2.05) is 6.92 Å². The highest BCUT2D eigenvalue weighted by Crippen LogP contribution is 2.31. The Morgan fingerprint density at radius 1 is 1.11 bits per heavy atom. The first-order valence-electron chi connectivity index (χ1n) is 10.9. The molecule has 4 rings (SSSR count). The van der Waals surface area contributed by atoms with Crippen molar-refractivity contribution in [1.29, 1.82) is 5.26 Å². The molecule has 4 aromatic rings. The first-order valence-corrected chi connectivity index (χ1v) is 10.9. The Bertz CT molecular complexity index is 1630. The van der Waals surface area contributed by atoms with Crippen LogP contribution in [-0.4, -0.2) is 15.3 Å². The van der Waals surface area contributed by atoms with E-state index in [1.165, 1.54) is 16.7 Å². The second kappa shape index (κ2) is 9.99. The molecule has 186 valence electrons. The minimum Gasteiger partial charge on any atom is -0.438 e. The number of hydrogen-bond donors (Lipinski definition) is 1. The van der Waals surface area contributed by atoms with Gasteiger partial charge < -0.3 is 10.1 Å². The highest BCUT2D eigenvalue weighted by molar-refractivity contribution is 6.09. The molecule has 0 bridgehead atoms. The molecule has 0 saturated carbocycles. The maximum absolute atomic E-state index is 13.4. The Kier molecular flexibility index (Phi) is 6.80. The highest BCUT2D eigenvalue weighted by atomic mass is 19.4. The number of rotatable bonds is 5. The van der Waals surface area contributed by atoms with Crippen LogP contribution in [0.15, 0.2) is 77.2 Å². The number of aromatic nitrogens is 2. The predicted octanol–water partition coefficient (Wildman–Crippen LogP) is 5.67. The van der Waals surface area contributed by atoms with E-state index in [-0.39, 0.29) is 17.1 Å². The number of fused-ring (bicyclic) bond motifs is 1. The number of nitriles is 1. The number of amides is 1. The number of carbonyl (C=O) groups excluding carboxylic acids is 1. The Labute approximate surface area is 209 Å². The number of hydrogen-bond acceptors (Lipinski definition) is 5. The van der Waals surface area contributed by atoms with Crippen molar-refractivity contribution < 1.29 is 22.7 Å². The number of nitrogens with one attached hydrogen (secondary N) is 1. The number of aryl methyl sites for hydroxylation is 2. The van der Waals surface area contributed by atoms with Gasteiger partial charge in [-0.25, -0.2) is 0 Å². The summed E-state index contributed by atoms with van der Waals surface area (Å²) in [6.45, 7) is 3.65. The monoisotopic (exact) mass is 504 g/mol. The molecule has 1 amide bonds. The number of ether oxygens (including phenoxy) is 1. The summed E-state index contributed by atoms with van der Waals surface area (Å²) in [7, 11) is 0. The van der Waals surface area contributed by atoms with Crippen LogP contribution in [0.5, 0.6) is 11.6 Å². The molecule has 0 saturated heterocycles. The van der Waals surface area contributed by atoms with Crippen LogP contribution < -0.4 is 15.6 Å². The van der Waals surface area contributed by atoms with Gasteiger partial charge in [-0.1, -0.05) is 29.8 Å². The molecule has 7 nitrogen and oxygen atoms in total. The topological polar surface area (TPSA) is 96.5 Å². The van der Waals surface area contributed by atoms with Gasteiger partial charge in [0.1, 0.15) is 28.6 Å². The number of benzene rings is 2. The van der Waals surface area contributed by atoms with E-state index in [2.05, 4.69) is 10.3 Å². The lowest BCUT2D eigenvalue weighted by Crippen LogP contribution is -2.21. The number of alkyl halides is 3. The number of halogens is 3. The van der Waals surface area contributed by atoms with Crippen LogP contribution in [0.1, 0.15) is 22.3 Å². The average Bonchev–Trinajstić information content (AvgIpc) is 2.85. The summed E-state index contributed by atoms with van der Waals surface area (Å²) in [5, 5.41) is 11.9. The average molecular weight is 504 g/mol. The van der Waals surface area contributed by atoms with E-state index in [0.717, 1.165) is 29.8 Å². The Morgan fingerprint density at radius 3 is 2.51 bits per heavy atom. The van der Waals surface area contributed by atoms with Gasteiger partial charge in [0.2, 0.25) is 5.88 Å². The molecular formula is C27H19F3N4O3. The molecule has 1 N–H and O–H groups in total. The fourth-order valence-electron chi connectivity index (χ4n) is 3.48. The van der Waals surface area contributed by atoms with E-state index >= 15 is 0 Å². The zero-order valence-electron chi connectivity index (χ0n) is 19.6. The van der Waals surface area contributed by atoms with Crippen molar-refractivity contribution in [3.8, 4) is 17.7 Å². The summed E-state index contributed by atoms with van der Waals surface area (Å²) in [6, 6.07) is 16.0. The molecule has 0 spiro atoms. The first-order chi connectivity index (χ1) is 17.6. The van der Waals surface area contributed by atoms with Gasteiger partial charge in [-0.2, -0.15) is 23.4 Å². The standard InChI is InChI=1S/C27H19F3N4O3/c1-16-8-10-21(11-9-16)37-25-22(26(36)34-12-4-5-17(2)23(34)33-25)13-18(15-31)24(35)32-20-7-3-6-19(14-20)27(28,29)30/h3-14H,1-2H3,(H,32,35)/b18-13-. The van der Waals surface area contributed by atoms with Crippen molar-refractivity contribution in [3.63, 3.8) is 0 Å². The van der Waals surface area contributed by atoms with Crippen LogP contribution in [0.25, 0.3) is 11.7 Å². The quantitative estimate of drug-likeness (QED) is 0.279. The predicted molar refractivity (Wildman–Crippen MR) is 131 cm³/mol. The second-order valence-corrected chi connectivity index (χ2v) is 8.14. The maximum Gasteiger partial charge on any atom is 0.416 e. The zero-order valence-corrected chi connectivity index (χ0v) is 19.6. The normalized spacial score (nSPS) is 11.7. The van der Waals surface area contributed by atoms with Crippen LogP contribution in [0, 0.1) is 25.2 Å². The van der Waals surface area contributed by atoms with E-state index in [0.29, 0.717) is 17.0 Å². The molecule has 0 radical (unpaired) electrons. The fourth-order valence-corrected chi connectivity index (χ4v) is 3.48. The molecular weight excluding hydrogens is 485 g/mol. The molecule has 0 aliphatic carbocycles. The third-order valence-corrected chi connectivity index (χ3v) is 5.39. The summed E-state index contributed by atoms with van der Waals surface area (Å²) in [5.74, 6) is -0.767. The van der Waals surface area contributed by atoms with Crippen LogP contribution in [0.3, 0.4) is 0 Å². The van der Waals surface area contributed by atoms with Crippen LogP contribution in [-0.2, 0) is 11.0 Å². The van der Waals surface area contributed by atoms with E-state index in [4.69, 9.17) is 4.74 Å². The van der Waals surface area contributed by atoms with Gasteiger partial charge in [-0.05, 0) is 61.9 Å². The molecule has 0 aliphatic heterocycles. The van der Waals surface area contributed by atoms with Gasteiger partial charge in [0.15, 0.2) is 0 Å². The SMILES string of the molecule is Cc1ccc(Oc2nc3c(C)cccn3c(=O)c2/C=C(/C#N)C(=O)Nc2cccc(C(F)(F)F)c2)cc1. The number of nitrogens with zero attached hydrogens (tertiary/aromatic N) is 3. The summed E-state index contributed by atoms with van der Waals surface area (Å²) < 4.78 is 46.2. The van der Waals surface area contributed by atoms with Gasteiger partial charge in [-0.3, -0.25) is 14.0 Å². The Morgan fingerprint density at radius 2 is 1.84 bits per heavy atom. The van der Waals surface area contributed by atoms with Gasteiger partial charge in [0.05, 0.1) is 5.56 Å². The minimum atomic E-state index is -4.61. The molecule has 2 heterocycles. The Balaban J connectivity index is 1.79. The van der Waals surface area contributed by atoms with Gasteiger partial charge in [-0.15, -0.1) is 0 Å². The molecule has 10 heteroatoms. The fraction of sp³-hybridized carbons (Fsp3) is 0.111. The lowest BCUT2D eigenvalue weighted by atomic mass is 10.1. The van der Waals surface area contributed by atoms with Crippen molar-refractivity contribution in [2.75, 3.05) is 5.32 Å². The first kappa shape index (κ1) is 25.2. The van der Waals surface area contributed by atoms with Crippen LogP contribution in [0.2, 0.25) is 0 Å². The van der Waals surface area contributed by atoms with Crippen molar-refractivity contribution in [1.82, 2.24) is 9.38 Å². The highest BCUT2D eigenvalue weighted by Gasteiger charge is 2.30. The zero-order chi connectivity index (χ0) is 26.7. The Hall–Kier alpha value is -4.91. The maximum atomic E-state index is 13.4. The molecule has 0 aliphatic rings. The summed E-state index contributed by atoms with van der Waals surface area (Å²) in [4.78, 5) is 30.6. The number of pyridine rings is 1. The second-order valence-electron chi connectivity index (χ2n) is 8.14. The van der Waals surface area contributed by atoms with Crippen molar-refractivity contribution in [2.24, 2.45) is 0 Å². The molecule has 2 aromatic carbocycles. The van der Waals surface area contributed by atoms with Gasteiger partial charge in [0.25, 0.3) is 11.5 Å².